The molecule has 1 unspecified atom stereocenters. The molecular formula is C15H21N3O. The van der Waals surface area contributed by atoms with E-state index >= 15 is 0 Å². The molecule has 1 heterocycles. The maximum atomic E-state index is 10.2. The van der Waals surface area contributed by atoms with Gasteiger partial charge in [0.2, 0.25) is 0 Å². The molecular weight excluding hydrogens is 238 g/mol. The quantitative estimate of drug-likeness (QED) is 0.891. The van der Waals surface area contributed by atoms with E-state index in [1.807, 2.05) is 57.7 Å². The van der Waals surface area contributed by atoms with Crippen LogP contribution in [0.4, 0.5) is 0 Å². The fourth-order valence-electron chi connectivity index (χ4n) is 2.12. The fourth-order valence-corrected chi connectivity index (χ4v) is 2.12. The van der Waals surface area contributed by atoms with Crippen molar-refractivity contribution in [3.63, 3.8) is 0 Å². The molecule has 4 nitrogen and oxygen atoms in total. The van der Waals surface area contributed by atoms with Crippen molar-refractivity contribution in [2.24, 2.45) is 7.05 Å². The lowest BCUT2D eigenvalue weighted by Crippen LogP contribution is -2.24. The third-order valence-electron chi connectivity index (χ3n) is 3.16. The third kappa shape index (κ3) is 3.91. The topological polar surface area (TPSA) is 41.3 Å². The molecule has 2 aromatic rings. The molecule has 0 saturated heterocycles. The van der Waals surface area contributed by atoms with E-state index in [2.05, 4.69) is 10.00 Å². The van der Waals surface area contributed by atoms with Crippen LogP contribution in [-0.4, -0.2) is 33.4 Å². The Balaban J connectivity index is 1.91. The molecule has 0 aliphatic rings. The number of nitrogens with zero attached hydrogens (tertiary/aromatic N) is 3. The zero-order valence-corrected chi connectivity index (χ0v) is 11.7. The maximum absolute atomic E-state index is 10.2. The van der Waals surface area contributed by atoms with E-state index in [1.165, 1.54) is 5.56 Å². The molecule has 1 aromatic carbocycles. The van der Waals surface area contributed by atoms with Crippen LogP contribution in [-0.2, 0) is 13.6 Å². The van der Waals surface area contributed by atoms with E-state index in [9.17, 15) is 5.11 Å². The van der Waals surface area contributed by atoms with Gasteiger partial charge in [-0.1, -0.05) is 29.8 Å². The summed E-state index contributed by atoms with van der Waals surface area (Å²) in [5.41, 5.74) is 3.32. The van der Waals surface area contributed by atoms with Gasteiger partial charge in [0.05, 0.1) is 12.3 Å². The number of likely N-dealkylation sites (N-methyl/N-ethyl adjacent to an activating group) is 1. The summed E-state index contributed by atoms with van der Waals surface area (Å²) in [6.45, 7) is 3.44. The Morgan fingerprint density at radius 3 is 2.58 bits per heavy atom. The lowest BCUT2D eigenvalue weighted by atomic mass is 10.1. The van der Waals surface area contributed by atoms with Crippen molar-refractivity contribution in [2.45, 2.75) is 19.6 Å². The minimum Gasteiger partial charge on any atom is -0.387 e. The minimum absolute atomic E-state index is 0.456. The lowest BCUT2D eigenvalue weighted by Gasteiger charge is -2.20. The second kappa shape index (κ2) is 5.99. The van der Waals surface area contributed by atoms with Crippen LogP contribution < -0.4 is 0 Å². The van der Waals surface area contributed by atoms with Crippen molar-refractivity contribution in [1.82, 2.24) is 14.7 Å². The van der Waals surface area contributed by atoms with E-state index in [1.54, 1.807) is 4.68 Å². The predicted octanol–water partition coefficient (Wildman–Crippen LogP) is 1.89. The molecule has 0 fully saturated rings. The smallest absolute Gasteiger partial charge is 0.0916 e. The predicted molar refractivity (Wildman–Crippen MR) is 75.7 cm³/mol. The van der Waals surface area contributed by atoms with E-state index in [0.29, 0.717) is 6.54 Å². The zero-order chi connectivity index (χ0) is 13.8. The van der Waals surface area contributed by atoms with Crippen LogP contribution in [0, 0.1) is 6.92 Å². The molecule has 19 heavy (non-hydrogen) atoms. The van der Waals surface area contributed by atoms with Gasteiger partial charge >= 0.3 is 0 Å². The van der Waals surface area contributed by atoms with Gasteiger partial charge in [-0.25, -0.2) is 0 Å². The highest BCUT2D eigenvalue weighted by Gasteiger charge is 2.11. The third-order valence-corrected chi connectivity index (χ3v) is 3.16. The Hall–Kier alpha value is -1.65. The summed E-state index contributed by atoms with van der Waals surface area (Å²) >= 11 is 0. The Kier molecular flexibility index (Phi) is 4.35. The van der Waals surface area contributed by atoms with Crippen LogP contribution in [0.2, 0.25) is 0 Å². The highest BCUT2D eigenvalue weighted by Crippen LogP contribution is 2.15. The standard InChI is InChI=1S/C15H21N3O/c1-12-4-6-14(7-5-12)15(19)11-17(2)9-13-8-16-18(3)10-13/h4-8,10,15,19H,9,11H2,1-3H3. The number of hydrogen-bond acceptors (Lipinski definition) is 3. The molecule has 4 heteroatoms. The van der Waals surface area contributed by atoms with Gasteiger partial charge in [0.25, 0.3) is 0 Å². The molecule has 1 N–H and O–H groups in total. The van der Waals surface area contributed by atoms with Gasteiger partial charge in [-0.3, -0.25) is 9.58 Å². The van der Waals surface area contributed by atoms with E-state index in [-0.39, 0.29) is 0 Å². The first kappa shape index (κ1) is 13.8. The van der Waals surface area contributed by atoms with Gasteiger partial charge < -0.3 is 5.11 Å². The van der Waals surface area contributed by atoms with Gasteiger partial charge in [-0.15, -0.1) is 0 Å². The number of benzene rings is 1. The Morgan fingerprint density at radius 2 is 2.00 bits per heavy atom. The summed E-state index contributed by atoms with van der Waals surface area (Å²) in [4.78, 5) is 2.10. The van der Waals surface area contributed by atoms with Gasteiger partial charge in [0, 0.05) is 31.9 Å². The Morgan fingerprint density at radius 1 is 1.32 bits per heavy atom. The first-order valence-corrected chi connectivity index (χ1v) is 6.45. The summed E-state index contributed by atoms with van der Waals surface area (Å²) < 4.78 is 1.79. The summed E-state index contributed by atoms with van der Waals surface area (Å²) in [6.07, 6.45) is 3.39. The normalized spacial score (nSPS) is 12.9. The van der Waals surface area contributed by atoms with Crippen molar-refractivity contribution in [1.29, 1.82) is 0 Å². The summed E-state index contributed by atoms with van der Waals surface area (Å²) in [6, 6.07) is 8.02. The van der Waals surface area contributed by atoms with Crippen LogP contribution >= 0.6 is 0 Å². The molecule has 1 atom stereocenters. The van der Waals surface area contributed by atoms with Crippen molar-refractivity contribution in [3.8, 4) is 0 Å². The molecule has 0 aliphatic heterocycles. The number of aromatic nitrogens is 2. The molecule has 102 valence electrons. The largest absolute Gasteiger partial charge is 0.387 e. The number of rotatable bonds is 5. The minimum atomic E-state index is -0.456. The van der Waals surface area contributed by atoms with Crippen LogP contribution in [0.3, 0.4) is 0 Å². The number of hydrogen-bond donors (Lipinski definition) is 1. The van der Waals surface area contributed by atoms with Crippen molar-refractivity contribution in [3.05, 3.63) is 53.3 Å². The van der Waals surface area contributed by atoms with E-state index < -0.39 is 6.10 Å². The summed E-state index contributed by atoms with van der Waals surface area (Å²) in [5.74, 6) is 0. The highest BCUT2D eigenvalue weighted by molar-refractivity contribution is 5.23. The van der Waals surface area contributed by atoms with Crippen LogP contribution in [0.1, 0.15) is 22.8 Å². The molecule has 0 amide bonds. The van der Waals surface area contributed by atoms with Gasteiger partial charge in [-0.05, 0) is 19.5 Å². The van der Waals surface area contributed by atoms with Gasteiger partial charge in [0.15, 0.2) is 0 Å². The Labute approximate surface area is 114 Å². The molecule has 0 radical (unpaired) electrons. The number of aliphatic hydroxyl groups is 1. The highest BCUT2D eigenvalue weighted by atomic mass is 16.3. The van der Waals surface area contributed by atoms with Crippen molar-refractivity contribution >= 4 is 0 Å². The van der Waals surface area contributed by atoms with Crippen LogP contribution in [0.15, 0.2) is 36.7 Å². The molecule has 1 aromatic heterocycles. The number of aliphatic hydroxyl groups excluding tert-OH is 1. The summed E-state index contributed by atoms with van der Waals surface area (Å²) in [7, 11) is 3.91. The van der Waals surface area contributed by atoms with E-state index in [0.717, 1.165) is 17.7 Å². The lowest BCUT2D eigenvalue weighted by molar-refractivity contribution is 0.124. The molecule has 0 bridgehead atoms. The molecule has 0 saturated carbocycles. The maximum Gasteiger partial charge on any atom is 0.0916 e. The monoisotopic (exact) mass is 259 g/mol. The molecule has 0 spiro atoms. The van der Waals surface area contributed by atoms with Gasteiger partial charge in [-0.2, -0.15) is 5.10 Å². The summed E-state index contributed by atoms with van der Waals surface area (Å²) in [5, 5.41) is 14.3. The van der Waals surface area contributed by atoms with Crippen LogP contribution in [0.25, 0.3) is 0 Å². The molecule has 2 rings (SSSR count). The fraction of sp³-hybridized carbons (Fsp3) is 0.400. The van der Waals surface area contributed by atoms with Gasteiger partial charge in [0.1, 0.15) is 0 Å². The SMILES string of the molecule is Cc1ccc(C(O)CN(C)Cc2cnn(C)c2)cc1. The zero-order valence-electron chi connectivity index (χ0n) is 11.7. The van der Waals surface area contributed by atoms with E-state index in [4.69, 9.17) is 0 Å². The number of aryl methyl sites for hydroxylation is 2. The van der Waals surface area contributed by atoms with Crippen LogP contribution in [0.5, 0.6) is 0 Å². The van der Waals surface area contributed by atoms with Crippen molar-refractivity contribution < 1.29 is 5.11 Å². The second-order valence-electron chi connectivity index (χ2n) is 5.15. The average molecular weight is 259 g/mol. The Bertz CT molecular complexity index is 518. The second-order valence-corrected chi connectivity index (χ2v) is 5.15. The van der Waals surface area contributed by atoms with Crippen molar-refractivity contribution in [2.75, 3.05) is 13.6 Å². The molecule has 0 aliphatic carbocycles. The first-order valence-electron chi connectivity index (χ1n) is 6.45. The average Bonchev–Trinajstić information content (AvgIpc) is 2.75. The first-order chi connectivity index (χ1) is 9.04.